The van der Waals surface area contributed by atoms with Crippen LogP contribution in [0.2, 0.25) is 0 Å². The van der Waals surface area contributed by atoms with Crippen molar-refractivity contribution < 1.29 is 44.3 Å². The van der Waals surface area contributed by atoms with Gasteiger partial charge in [0.05, 0.1) is 0 Å². The van der Waals surface area contributed by atoms with Crippen LogP contribution in [0.3, 0.4) is 0 Å². The number of rotatable bonds is 3. The van der Waals surface area contributed by atoms with Gasteiger partial charge in [0.2, 0.25) is 6.08 Å². The number of hydrogen-bond acceptors (Lipinski definition) is 2. The van der Waals surface area contributed by atoms with Crippen LogP contribution in [0.4, 0.5) is 39.5 Å². The molecule has 11 heteroatoms. The third-order valence-corrected chi connectivity index (χ3v) is 1.31. The van der Waals surface area contributed by atoms with E-state index in [1.165, 1.54) is 0 Å². The molecule has 0 aromatic rings. The highest BCUT2D eigenvalue weighted by atomic mass is 19.4. The van der Waals surface area contributed by atoms with Crippen molar-refractivity contribution in [3.8, 4) is 0 Å². The minimum Gasteiger partial charge on any atom is -0.211 e. The largest absolute Gasteiger partial charge is 0.460 e. The molecule has 0 radical (unpaired) electrons. The molecule has 0 amide bonds. The molecule has 0 saturated heterocycles. The van der Waals surface area contributed by atoms with Gasteiger partial charge in [0.15, 0.2) is 0 Å². The molecule has 0 rings (SSSR count). The third kappa shape index (κ3) is 1.99. The average molecular weight is 261 g/mol. The van der Waals surface area contributed by atoms with E-state index in [2.05, 4.69) is 0 Å². The Bertz CT molecular complexity index is 312. The molecule has 0 saturated carbocycles. The van der Waals surface area contributed by atoms with Crippen LogP contribution in [0.15, 0.2) is 4.99 Å². The molecule has 0 aliphatic rings. The molecule has 0 unspecified atom stereocenters. The van der Waals surface area contributed by atoms with Crippen molar-refractivity contribution in [1.82, 2.24) is 0 Å². The lowest BCUT2D eigenvalue weighted by molar-refractivity contribution is -0.394. The zero-order valence-corrected chi connectivity index (χ0v) is 6.76. The summed E-state index contributed by atoms with van der Waals surface area (Å²) in [4.78, 5) is 10.2. The molecular weight excluding hydrogens is 261 g/mol. The van der Waals surface area contributed by atoms with E-state index in [0.717, 1.165) is 4.99 Å². The first-order valence-electron chi connectivity index (χ1n) is 3.10. The fourth-order valence-corrected chi connectivity index (χ4v) is 0.494. The fourth-order valence-electron chi connectivity index (χ4n) is 0.494. The third-order valence-electron chi connectivity index (χ3n) is 1.31. The predicted octanol–water partition coefficient (Wildman–Crippen LogP) is 2.75. The molecule has 0 atom stereocenters. The summed E-state index contributed by atoms with van der Waals surface area (Å²) in [5.74, 6) is -13.9. The van der Waals surface area contributed by atoms with Crippen LogP contribution in [0, 0.1) is 0 Å². The summed E-state index contributed by atoms with van der Waals surface area (Å²) in [5.41, 5.74) is 0. The second-order valence-corrected chi connectivity index (χ2v) is 2.39. The van der Waals surface area contributed by atoms with Crippen LogP contribution >= 0.6 is 0 Å². The Kier molecular flexibility index (Phi) is 3.36. The summed E-state index contributed by atoms with van der Waals surface area (Å²) in [5, 5.41) is 0. The topological polar surface area (TPSA) is 29.4 Å². The Labute approximate surface area is 80.7 Å². The zero-order valence-electron chi connectivity index (χ0n) is 6.76. The van der Waals surface area contributed by atoms with Crippen LogP contribution in [-0.4, -0.2) is 30.1 Å². The van der Waals surface area contributed by atoms with Gasteiger partial charge in [0.25, 0.3) is 0 Å². The van der Waals surface area contributed by atoms with E-state index >= 15 is 0 Å². The highest BCUT2D eigenvalue weighted by molar-refractivity contribution is 5.34. The van der Waals surface area contributed by atoms with Gasteiger partial charge in [0, 0.05) is 0 Å². The SMILES string of the molecule is O=C=NC(F)(F)C(F)(F)C(F)(F)C(F)(F)F. The first-order chi connectivity index (χ1) is 6.81. The lowest BCUT2D eigenvalue weighted by Crippen LogP contribution is -2.60. The molecule has 2 nitrogen and oxygen atoms in total. The molecule has 0 aliphatic heterocycles. The summed E-state index contributed by atoms with van der Waals surface area (Å²) in [6.07, 6.45) is -7.14. The van der Waals surface area contributed by atoms with Crippen molar-refractivity contribution in [2.75, 3.05) is 0 Å². The van der Waals surface area contributed by atoms with Gasteiger partial charge in [-0.05, 0) is 0 Å². The monoisotopic (exact) mass is 261 g/mol. The number of nitrogens with zero attached hydrogens (tertiary/aromatic N) is 1. The van der Waals surface area contributed by atoms with E-state index in [-0.39, 0.29) is 6.08 Å². The molecule has 0 fully saturated rings. The first kappa shape index (κ1) is 14.8. The Morgan fingerprint density at radius 2 is 1.12 bits per heavy atom. The van der Waals surface area contributed by atoms with Gasteiger partial charge in [-0.1, -0.05) is 0 Å². The van der Waals surface area contributed by atoms with E-state index in [1.807, 2.05) is 0 Å². The average Bonchev–Trinajstić information content (AvgIpc) is 2.01. The maximum Gasteiger partial charge on any atom is 0.460 e. The number of carbonyl (C=O) groups excluding carboxylic acids is 1. The van der Waals surface area contributed by atoms with Crippen molar-refractivity contribution in [3.05, 3.63) is 0 Å². The quantitative estimate of drug-likeness (QED) is 0.332. The van der Waals surface area contributed by atoms with E-state index in [9.17, 15) is 44.3 Å². The lowest BCUT2D eigenvalue weighted by Gasteiger charge is -2.30. The van der Waals surface area contributed by atoms with Gasteiger partial charge in [-0.25, -0.2) is 4.79 Å². The molecule has 0 N–H and O–H groups in total. The van der Waals surface area contributed by atoms with Crippen LogP contribution < -0.4 is 0 Å². The molecule has 0 bridgehead atoms. The van der Waals surface area contributed by atoms with Gasteiger partial charge in [-0.2, -0.15) is 39.5 Å². The van der Waals surface area contributed by atoms with Gasteiger partial charge in [-0.15, -0.1) is 4.99 Å². The Morgan fingerprint density at radius 3 is 1.38 bits per heavy atom. The van der Waals surface area contributed by atoms with E-state index in [1.54, 1.807) is 0 Å². The summed E-state index contributed by atoms with van der Waals surface area (Å²) < 4.78 is 107. The lowest BCUT2D eigenvalue weighted by atomic mass is 10.1. The summed E-state index contributed by atoms with van der Waals surface area (Å²) in [6.45, 7) is 0. The number of alkyl halides is 9. The standard InChI is InChI=1S/C5F9NO/c6-2(7,4(10,11)12)3(8,9)5(13,14)15-1-16. The normalized spacial score (nSPS) is 14.6. The van der Waals surface area contributed by atoms with Crippen molar-refractivity contribution in [3.63, 3.8) is 0 Å². The number of halogens is 9. The first-order valence-corrected chi connectivity index (χ1v) is 3.10. The van der Waals surface area contributed by atoms with Crippen LogP contribution in [0.1, 0.15) is 0 Å². The molecule has 0 aromatic carbocycles. The molecule has 0 spiro atoms. The van der Waals surface area contributed by atoms with Crippen molar-refractivity contribution in [2.24, 2.45) is 4.99 Å². The number of isocyanates is 1. The van der Waals surface area contributed by atoms with E-state index in [0.29, 0.717) is 0 Å². The van der Waals surface area contributed by atoms with Gasteiger partial charge in [-0.3, -0.25) is 0 Å². The smallest absolute Gasteiger partial charge is 0.211 e. The van der Waals surface area contributed by atoms with Gasteiger partial charge < -0.3 is 0 Å². The van der Waals surface area contributed by atoms with Gasteiger partial charge >= 0.3 is 24.1 Å². The van der Waals surface area contributed by atoms with Crippen LogP contribution in [0.25, 0.3) is 0 Å². The maximum atomic E-state index is 12.2. The van der Waals surface area contributed by atoms with E-state index < -0.39 is 24.1 Å². The molecule has 0 aromatic heterocycles. The van der Waals surface area contributed by atoms with Crippen molar-refractivity contribution in [1.29, 1.82) is 0 Å². The maximum absolute atomic E-state index is 12.2. The Morgan fingerprint density at radius 1 is 0.750 bits per heavy atom. The molecule has 94 valence electrons. The van der Waals surface area contributed by atoms with Gasteiger partial charge in [0.1, 0.15) is 0 Å². The number of hydrogen-bond donors (Lipinski definition) is 0. The van der Waals surface area contributed by atoms with Crippen molar-refractivity contribution in [2.45, 2.75) is 24.1 Å². The Balaban J connectivity index is 5.61. The molecule has 0 heterocycles. The highest BCUT2D eigenvalue weighted by Gasteiger charge is 2.82. The molecule has 16 heavy (non-hydrogen) atoms. The summed E-state index contributed by atoms with van der Waals surface area (Å²) in [7, 11) is 0. The molecule has 0 aliphatic carbocycles. The van der Waals surface area contributed by atoms with E-state index in [4.69, 9.17) is 0 Å². The van der Waals surface area contributed by atoms with Crippen LogP contribution in [0.5, 0.6) is 0 Å². The minimum absolute atomic E-state index is 0.218. The zero-order chi connectivity index (χ0) is 13.4. The van der Waals surface area contributed by atoms with Crippen LogP contribution in [-0.2, 0) is 4.79 Å². The minimum atomic E-state index is -7.04. The molecular formula is C5F9NO. The summed E-state index contributed by atoms with van der Waals surface area (Å²) in [6, 6.07) is -6.21. The predicted molar refractivity (Wildman–Crippen MR) is 29.0 cm³/mol. The number of aliphatic imine (C=N–C) groups is 1. The highest BCUT2D eigenvalue weighted by Crippen LogP contribution is 2.53. The fraction of sp³-hybridized carbons (Fsp3) is 0.800. The second kappa shape index (κ2) is 3.65. The van der Waals surface area contributed by atoms with Crippen molar-refractivity contribution >= 4 is 6.08 Å². The second-order valence-electron chi connectivity index (χ2n) is 2.39. The Hall–Kier alpha value is -1.25. The summed E-state index contributed by atoms with van der Waals surface area (Å²) >= 11 is 0.